The molecule has 1 unspecified atom stereocenters. The van der Waals surface area contributed by atoms with Gasteiger partial charge in [-0.05, 0) is 55.5 Å². The van der Waals surface area contributed by atoms with E-state index >= 15 is 0 Å². The lowest BCUT2D eigenvalue weighted by Gasteiger charge is -2.14. The highest BCUT2D eigenvalue weighted by Crippen LogP contribution is 2.27. The molecule has 0 bridgehead atoms. The second kappa shape index (κ2) is 10.1. The number of rotatable bonds is 7. The van der Waals surface area contributed by atoms with E-state index < -0.39 is 11.2 Å². The van der Waals surface area contributed by atoms with Crippen molar-refractivity contribution in [3.8, 4) is 0 Å². The SMILES string of the molecule is CC(Sc1cccc(NC(=O)c2cccc(Cl)c2)c1)C(=O)Nc1ccccc1C(N)=O. The zero-order chi connectivity index (χ0) is 22.4. The molecule has 0 saturated carbocycles. The maximum Gasteiger partial charge on any atom is 0.255 e. The summed E-state index contributed by atoms with van der Waals surface area (Å²) in [5, 5.41) is 5.59. The van der Waals surface area contributed by atoms with Gasteiger partial charge in [0, 0.05) is 21.2 Å². The Labute approximate surface area is 189 Å². The number of thioether (sulfide) groups is 1. The van der Waals surface area contributed by atoms with Gasteiger partial charge < -0.3 is 16.4 Å². The monoisotopic (exact) mass is 453 g/mol. The molecule has 3 amide bonds. The van der Waals surface area contributed by atoms with Gasteiger partial charge in [0.2, 0.25) is 5.91 Å². The molecule has 0 aromatic heterocycles. The number of nitrogens with two attached hydrogens (primary N) is 1. The lowest BCUT2D eigenvalue weighted by Crippen LogP contribution is -2.24. The molecule has 6 nitrogen and oxygen atoms in total. The Morgan fingerprint density at radius 3 is 2.42 bits per heavy atom. The Hall–Kier alpha value is -3.29. The van der Waals surface area contributed by atoms with Crippen molar-refractivity contribution in [2.75, 3.05) is 10.6 Å². The molecule has 0 spiro atoms. The van der Waals surface area contributed by atoms with Gasteiger partial charge >= 0.3 is 0 Å². The third-order valence-electron chi connectivity index (χ3n) is 4.31. The summed E-state index contributed by atoms with van der Waals surface area (Å²) in [6.07, 6.45) is 0. The molecule has 0 aliphatic rings. The van der Waals surface area contributed by atoms with E-state index in [9.17, 15) is 14.4 Å². The Morgan fingerprint density at radius 1 is 0.935 bits per heavy atom. The van der Waals surface area contributed by atoms with Crippen molar-refractivity contribution in [2.45, 2.75) is 17.1 Å². The van der Waals surface area contributed by atoms with Gasteiger partial charge in [0.15, 0.2) is 0 Å². The summed E-state index contributed by atoms with van der Waals surface area (Å²) in [5.74, 6) is -1.16. The van der Waals surface area contributed by atoms with Crippen LogP contribution in [0.1, 0.15) is 27.6 Å². The molecule has 31 heavy (non-hydrogen) atoms. The van der Waals surface area contributed by atoms with Gasteiger partial charge in [-0.3, -0.25) is 14.4 Å². The van der Waals surface area contributed by atoms with E-state index in [4.69, 9.17) is 17.3 Å². The largest absolute Gasteiger partial charge is 0.366 e. The molecular formula is C23H20ClN3O3S. The first-order valence-corrected chi connectivity index (χ1v) is 10.6. The number of benzene rings is 3. The van der Waals surface area contributed by atoms with Crippen LogP contribution in [-0.2, 0) is 4.79 Å². The van der Waals surface area contributed by atoms with Crippen LogP contribution in [0.3, 0.4) is 0 Å². The van der Waals surface area contributed by atoms with E-state index in [0.29, 0.717) is 22.0 Å². The second-order valence-corrected chi connectivity index (χ2v) is 8.50. The number of carbonyl (C=O) groups excluding carboxylic acids is 3. The fourth-order valence-electron chi connectivity index (χ4n) is 2.78. The molecule has 1 atom stereocenters. The van der Waals surface area contributed by atoms with E-state index in [-0.39, 0.29) is 17.4 Å². The second-order valence-electron chi connectivity index (χ2n) is 6.65. The summed E-state index contributed by atoms with van der Waals surface area (Å²) in [7, 11) is 0. The summed E-state index contributed by atoms with van der Waals surface area (Å²) in [6, 6.07) is 20.4. The fourth-order valence-corrected chi connectivity index (χ4v) is 3.90. The van der Waals surface area contributed by atoms with Crippen LogP contribution in [0.5, 0.6) is 0 Å². The Balaban J connectivity index is 1.65. The molecule has 3 aromatic rings. The molecule has 158 valence electrons. The van der Waals surface area contributed by atoms with Crippen molar-refractivity contribution in [3.63, 3.8) is 0 Å². The quantitative estimate of drug-likeness (QED) is 0.447. The number of para-hydroxylation sites is 1. The molecule has 0 aliphatic carbocycles. The topological polar surface area (TPSA) is 101 Å². The van der Waals surface area contributed by atoms with Crippen LogP contribution in [-0.4, -0.2) is 23.0 Å². The third-order valence-corrected chi connectivity index (χ3v) is 5.64. The van der Waals surface area contributed by atoms with Gasteiger partial charge in [-0.15, -0.1) is 11.8 Å². The van der Waals surface area contributed by atoms with Crippen molar-refractivity contribution < 1.29 is 14.4 Å². The van der Waals surface area contributed by atoms with Crippen molar-refractivity contribution in [1.29, 1.82) is 0 Å². The summed E-state index contributed by atoms with van der Waals surface area (Å²) in [6.45, 7) is 1.75. The predicted molar refractivity (Wildman–Crippen MR) is 125 cm³/mol. The highest BCUT2D eigenvalue weighted by Gasteiger charge is 2.17. The summed E-state index contributed by atoms with van der Waals surface area (Å²) < 4.78 is 0. The minimum Gasteiger partial charge on any atom is -0.366 e. The van der Waals surface area contributed by atoms with Gasteiger partial charge in [-0.1, -0.05) is 35.9 Å². The molecule has 3 rings (SSSR count). The summed E-state index contributed by atoms with van der Waals surface area (Å²) >= 11 is 7.27. The number of amides is 3. The van der Waals surface area contributed by atoms with E-state index in [2.05, 4.69) is 10.6 Å². The van der Waals surface area contributed by atoms with E-state index in [1.165, 1.54) is 11.8 Å². The number of anilines is 2. The molecule has 8 heteroatoms. The lowest BCUT2D eigenvalue weighted by molar-refractivity contribution is -0.115. The van der Waals surface area contributed by atoms with Gasteiger partial charge in [0.1, 0.15) is 0 Å². The predicted octanol–water partition coefficient (Wildman–Crippen LogP) is 4.81. The average Bonchev–Trinajstić information content (AvgIpc) is 2.74. The number of halogens is 1. The van der Waals surface area contributed by atoms with Gasteiger partial charge in [-0.2, -0.15) is 0 Å². The molecule has 0 fully saturated rings. The van der Waals surface area contributed by atoms with E-state index in [0.717, 1.165) is 4.90 Å². The maximum absolute atomic E-state index is 12.6. The molecule has 0 saturated heterocycles. The van der Waals surface area contributed by atoms with E-state index in [1.54, 1.807) is 73.7 Å². The highest BCUT2D eigenvalue weighted by molar-refractivity contribution is 8.00. The Morgan fingerprint density at radius 2 is 1.68 bits per heavy atom. The number of hydrogen-bond acceptors (Lipinski definition) is 4. The Kier molecular flexibility index (Phi) is 7.33. The van der Waals surface area contributed by atoms with Gasteiger partial charge in [0.05, 0.1) is 16.5 Å². The molecule has 0 aliphatic heterocycles. The van der Waals surface area contributed by atoms with Crippen molar-refractivity contribution in [3.05, 3.63) is 88.9 Å². The normalized spacial score (nSPS) is 11.4. The van der Waals surface area contributed by atoms with Crippen LogP contribution in [0.4, 0.5) is 11.4 Å². The number of nitrogens with one attached hydrogen (secondary N) is 2. The van der Waals surface area contributed by atoms with Gasteiger partial charge in [0.25, 0.3) is 11.8 Å². The van der Waals surface area contributed by atoms with Crippen LogP contribution in [0, 0.1) is 0 Å². The average molecular weight is 454 g/mol. The fraction of sp³-hybridized carbons (Fsp3) is 0.0870. The van der Waals surface area contributed by atoms with Crippen molar-refractivity contribution >= 4 is 52.5 Å². The van der Waals surface area contributed by atoms with E-state index in [1.807, 2.05) is 6.07 Å². The molecule has 4 N–H and O–H groups in total. The molecule has 0 radical (unpaired) electrons. The molecular weight excluding hydrogens is 434 g/mol. The maximum atomic E-state index is 12.6. The first-order valence-electron chi connectivity index (χ1n) is 9.37. The smallest absolute Gasteiger partial charge is 0.255 e. The standard InChI is InChI=1S/C23H20ClN3O3S/c1-14(22(29)27-20-11-3-2-10-19(20)21(25)28)31-18-9-5-8-17(13-18)26-23(30)15-6-4-7-16(24)12-15/h2-14H,1H3,(H2,25,28)(H,26,30)(H,27,29). The molecule has 3 aromatic carbocycles. The zero-order valence-electron chi connectivity index (χ0n) is 16.6. The van der Waals surface area contributed by atoms with Crippen LogP contribution in [0.25, 0.3) is 0 Å². The van der Waals surface area contributed by atoms with Gasteiger partial charge in [-0.25, -0.2) is 0 Å². The highest BCUT2D eigenvalue weighted by atomic mass is 35.5. The summed E-state index contributed by atoms with van der Waals surface area (Å²) in [4.78, 5) is 37.4. The molecule has 0 heterocycles. The first-order chi connectivity index (χ1) is 14.8. The van der Waals surface area contributed by atoms with Crippen LogP contribution in [0.2, 0.25) is 5.02 Å². The minimum absolute atomic E-state index is 0.249. The summed E-state index contributed by atoms with van der Waals surface area (Å²) in [5.41, 5.74) is 7.03. The third kappa shape index (κ3) is 6.10. The number of carbonyl (C=O) groups is 3. The van der Waals surface area contributed by atoms with Crippen molar-refractivity contribution in [1.82, 2.24) is 0 Å². The lowest BCUT2D eigenvalue weighted by atomic mass is 10.1. The number of primary amides is 1. The van der Waals surface area contributed by atoms with Crippen LogP contribution >= 0.6 is 23.4 Å². The minimum atomic E-state index is -0.612. The van der Waals surface area contributed by atoms with Crippen LogP contribution < -0.4 is 16.4 Å². The first kappa shape index (κ1) is 22.4. The van der Waals surface area contributed by atoms with Crippen LogP contribution in [0.15, 0.2) is 77.7 Å². The van der Waals surface area contributed by atoms with Crippen molar-refractivity contribution in [2.24, 2.45) is 5.73 Å². The number of hydrogen-bond donors (Lipinski definition) is 3. The Bertz CT molecular complexity index is 1140. The zero-order valence-corrected chi connectivity index (χ0v) is 18.2.